The lowest BCUT2D eigenvalue weighted by Crippen LogP contribution is -2.15. The molecule has 20 heavy (non-hydrogen) atoms. The number of carbonyl (C=O) groups excluding carboxylic acids is 1. The standard InChI is InChI=1S/C15H12BrN3O/c1-9-18-12-4-2-3-5-14(12)19(9)13-7-6-10(16)8-11(13)15(17)20/h2-8H,1H3,(H2,17,20). The van der Waals surface area contributed by atoms with Gasteiger partial charge in [-0.2, -0.15) is 0 Å². The van der Waals surface area contributed by atoms with Crippen molar-refractivity contribution in [2.45, 2.75) is 6.92 Å². The van der Waals surface area contributed by atoms with Gasteiger partial charge in [-0.1, -0.05) is 28.1 Å². The molecular formula is C15H12BrN3O. The monoisotopic (exact) mass is 329 g/mol. The smallest absolute Gasteiger partial charge is 0.250 e. The van der Waals surface area contributed by atoms with Crippen LogP contribution in [0.1, 0.15) is 16.2 Å². The summed E-state index contributed by atoms with van der Waals surface area (Å²) >= 11 is 3.36. The Morgan fingerprint density at radius 1 is 1.25 bits per heavy atom. The van der Waals surface area contributed by atoms with Gasteiger partial charge in [0, 0.05) is 4.47 Å². The number of para-hydroxylation sites is 2. The number of halogens is 1. The van der Waals surface area contributed by atoms with Gasteiger partial charge in [-0.3, -0.25) is 9.36 Å². The second-order valence-electron chi connectivity index (χ2n) is 4.51. The van der Waals surface area contributed by atoms with Crippen LogP contribution in [-0.4, -0.2) is 15.5 Å². The number of rotatable bonds is 2. The van der Waals surface area contributed by atoms with Crippen molar-refractivity contribution in [1.29, 1.82) is 0 Å². The van der Waals surface area contributed by atoms with Crippen molar-refractivity contribution in [1.82, 2.24) is 9.55 Å². The molecule has 0 atom stereocenters. The predicted molar refractivity (Wildman–Crippen MR) is 82.0 cm³/mol. The number of imidazole rings is 1. The molecule has 0 fully saturated rings. The Labute approximate surface area is 124 Å². The minimum atomic E-state index is -0.460. The van der Waals surface area contributed by atoms with Crippen LogP contribution in [0.5, 0.6) is 0 Å². The summed E-state index contributed by atoms with van der Waals surface area (Å²) < 4.78 is 2.76. The van der Waals surface area contributed by atoms with Gasteiger partial charge < -0.3 is 5.73 Å². The molecule has 0 spiro atoms. The average Bonchev–Trinajstić information content (AvgIpc) is 2.74. The zero-order valence-corrected chi connectivity index (χ0v) is 12.4. The summed E-state index contributed by atoms with van der Waals surface area (Å²) in [4.78, 5) is 16.2. The second-order valence-corrected chi connectivity index (χ2v) is 5.42. The maximum Gasteiger partial charge on any atom is 0.250 e. The van der Waals surface area contributed by atoms with Gasteiger partial charge in [0.25, 0.3) is 5.91 Å². The van der Waals surface area contributed by atoms with Crippen molar-refractivity contribution in [3.63, 3.8) is 0 Å². The summed E-state index contributed by atoms with van der Waals surface area (Å²) in [5.41, 5.74) is 8.54. The number of nitrogens with two attached hydrogens (primary N) is 1. The van der Waals surface area contributed by atoms with E-state index in [-0.39, 0.29) is 0 Å². The fourth-order valence-electron chi connectivity index (χ4n) is 2.35. The van der Waals surface area contributed by atoms with E-state index in [1.54, 1.807) is 6.07 Å². The van der Waals surface area contributed by atoms with Gasteiger partial charge in [0.2, 0.25) is 0 Å². The summed E-state index contributed by atoms with van der Waals surface area (Å²) in [6.07, 6.45) is 0. The number of primary amides is 1. The van der Waals surface area contributed by atoms with Gasteiger partial charge in [-0.25, -0.2) is 4.98 Å². The Hall–Kier alpha value is -2.14. The molecule has 0 aliphatic heterocycles. The molecule has 0 bridgehead atoms. The predicted octanol–water partition coefficient (Wildman–Crippen LogP) is 3.20. The molecule has 0 unspecified atom stereocenters. The number of amides is 1. The first-order chi connectivity index (χ1) is 9.58. The maximum atomic E-state index is 11.7. The number of hydrogen-bond donors (Lipinski definition) is 1. The van der Waals surface area contributed by atoms with Crippen LogP contribution in [0, 0.1) is 6.92 Å². The molecule has 3 rings (SSSR count). The van der Waals surface area contributed by atoms with E-state index in [1.807, 2.05) is 47.9 Å². The molecule has 4 nitrogen and oxygen atoms in total. The molecule has 2 aromatic carbocycles. The topological polar surface area (TPSA) is 60.9 Å². The lowest BCUT2D eigenvalue weighted by atomic mass is 10.1. The van der Waals surface area contributed by atoms with Gasteiger partial charge in [0.05, 0.1) is 22.3 Å². The molecule has 100 valence electrons. The van der Waals surface area contributed by atoms with Crippen LogP contribution >= 0.6 is 15.9 Å². The van der Waals surface area contributed by atoms with Gasteiger partial charge in [0.15, 0.2) is 0 Å². The highest BCUT2D eigenvalue weighted by Crippen LogP contribution is 2.25. The number of carbonyl (C=O) groups is 1. The summed E-state index contributed by atoms with van der Waals surface area (Å²) in [6, 6.07) is 13.3. The molecule has 1 heterocycles. The third kappa shape index (κ3) is 2.00. The van der Waals surface area contributed by atoms with Crippen LogP contribution in [0.2, 0.25) is 0 Å². The van der Waals surface area contributed by atoms with Crippen molar-refractivity contribution in [3.05, 3.63) is 58.3 Å². The first kappa shape index (κ1) is 12.9. The summed E-state index contributed by atoms with van der Waals surface area (Å²) in [7, 11) is 0. The minimum absolute atomic E-state index is 0.460. The molecule has 1 aromatic heterocycles. The van der Waals surface area contributed by atoms with Crippen LogP contribution in [-0.2, 0) is 0 Å². The van der Waals surface area contributed by atoms with Crippen molar-refractivity contribution >= 4 is 32.9 Å². The van der Waals surface area contributed by atoms with E-state index in [1.165, 1.54) is 0 Å². The van der Waals surface area contributed by atoms with Crippen molar-refractivity contribution in [2.24, 2.45) is 5.73 Å². The van der Waals surface area contributed by atoms with Crippen LogP contribution in [0.3, 0.4) is 0 Å². The number of aromatic nitrogens is 2. The lowest BCUT2D eigenvalue weighted by Gasteiger charge is -2.11. The van der Waals surface area contributed by atoms with E-state index < -0.39 is 5.91 Å². The maximum absolute atomic E-state index is 11.7. The first-order valence-corrected chi connectivity index (χ1v) is 6.91. The zero-order valence-electron chi connectivity index (χ0n) is 10.8. The third-order valence-electron chi connectivity index (χ3n) is 3.19. The minimum Gasteiger partial charge on any atom is -0.366 e. The highest BCUT2D eigenvalue weighted by molar-refractivity contribution is 9.10. The second kappa shape index (κ2) is 4.76. The molecule has 5 heteroatoms. The Morgan fingerprint density at radius 3 is 2.75 bits per heavy atom. The number of hydrogen-bond acceptors (Lipinski definition) is 2. The first-order valence-electron chi connectivity index (χ1n) is 6.12. The third-order valence-corrected chi connectivity index (χ3v) is 3.69. The Balaban J connectivity index is 2.36. The molecular weight excluding hydrogens is 318 g/mol. The summed E-state index contributed by atoms with van der Waals surface area (Å²) in [5.74, 6) is 0.356. The van der Waals surface area contributed by atoms with E-state index in [9.17, 15) is 4.79 Å². The lowest BCUT2D eigenvalue weighted by molar-refractivity contribution is 0.100. The Kier molecular flexibility index (Phi) is 3.06. The normalized spacial score (nSPS) is 10.9. The number of fused-ring (bicyclic) bond motifs is 1. The van der Waals surface area contributed by atoms with Crippen LogP contribution in [0.4, 0.5) is 0 Å². The van der Waals surface area contributed by atoms with E-state index in [0.29, 0.717) is 5.56 Å². The molecule has 0 saturated carbocycles. The highest BCUT2D eigenvalue weighted by Gasteiger charge is 2.15. The number of nitrogens with zero attached hydrogens (tertiary/aromatic N) is 2. The largest absolute Gasteiger partial charge is 0.366 e. The molecule has 2 N–H and O–H groups in total. The van der Waals surface area contributed by atoms with Crippen LogP contribution < -0.4 is 5.73 Å². The van der Waals surface area contributed by atoms with E-state index in [4.69, 9.17) is 5.73 Å². The molecule has 3 aromatic rings. The SMILES string of the molecule is Cc1nc2ccccc2n1-c1ccc(Br)cc1C(N)=O. The molecule has 0 aliphatic carbocycles. The van der Waals surface area contributed by atoms with Crippen molar-refractivity contribution < 1.29 is 4.79 Å². The Morgan fingerprint density at radius 2 is 2.00 bits per heavy atom. The van der Waals surface area contributed by atoms with Crippen molar-refractivity contribution in [3.8, 4) is 5.69 Å². The highest BCUT2D eigenvalue weighted by atomic mass is 79.9. The fourth-order valence-corrected chi connectivity index (χ4v) is 2.71. The average molecular weight is 330 g/mol. The summed E-state index contributed by atoms with van der Waals surface area (Å²) in [6.45, 7) is 1.91. The number of aryl methyl sites for hydroxylation is 1. The van der Waals surface area contributed by atoms with Gasteiger partial charge in [0.1, 0.15) is 5.82 Å². The van der Waals surface area contributed by atoms with Crippen LogP contribution in [0.25, 0.3) is 16.7 Å². The Bertz CT molecular complexity index is 823. The molecule has 0 saturated heterocycles. The van der Waals surface area contributed by atoms with Gasteiger partial charge in [-0.05, 0) is 37.3 Å². The quantitative estimate of drug-likeness (QED) is 0.784. The van der Waals surface area contributed by atoms with Gasteiger partial charge in [-0.15, -0.1) is 0 Å². The number of benzene rings is 2. The van der Waals surface area contributed by atoms with E-state index in [0.717, 1.165) is 27.0 Å². The summed E-state index contributed by atoms with van der Waals surface area (Å²) in [5, 5.41) is 0. The molecule has 1 amide bonds. The van der Waals surface area contributed by atoms with E-state index >= 15 is 0 Å². The van der Waals surface area contributed by atoms with Crippen LogP contribution in [0.15, 0.2) is 46.9 Å². The fraction of sp³-hybridized carbons (Fsp3) is 0.0667. The van der Waals surface area contributed by atoms with Gasteiger partial charge >= 0.3 is 0 Å². The molecule has 0 aliphatic rings. The zero-order chi connectivity index (χ0) is 14.3. The van der Waals surface area contributed by atoms with Crippen molar-refractivity contribution in [2.75, 3.05) is 0 Å². The molecule has 0 radical (unpaired) electrons. The van der Waals surface area contributed by atoms with E-state index in [2.05, 4.69) is 20.9 Å².